The first-order valence-corrected chi connectivity index (χ1v) is 7.50. The van der Waals surface area contributed by atoms with Gasteiger partial charge in [-0.15, -0.1) is 0 Å². The molecule has 1 fully saturated rings. The van der Waals surface area contributed by atoms with Crippen molar-refractivity contribution >= 4 is 0 Å². The van der Waals surface area contributed by atoms with Crippen molar-refractivity contribution in [1.82, 2.24) is 10.2 Å². The highest BCUT2D eigenvalue weighted by Crippen LogP contribution is 2.26. The second-order valence-corrected chi connectivity index (χ2v) is 6.47. The van der Waals surface area contributed by atoms with Crippen LogP contribution < -0.4 is 5.32 Å². The van der Waals surface area contributed by atoms with Crippen molar-refractivity contribution in [3.63, 3.8) is 0 Å². The van der Waals surface area contributed by atoms with Crippen LogP contribution in [0, 0.1) is 0 Å². The molecule has 0 aromatic carbocycles. The Labute approximate surface area is 118 Å². The third-order valence-electron chi connectivity index (χ3n) is 4.21. The van der Waals surface area contributed by atoms with Crippen molar-refractivity contribution in [2.45, 2.75) is 51.6 Å². The minimum atomic E-state index is 0.214. The van der Waals surface area contributed by atoms with Crippen LogP contribution in [-0.4, -0.2) is 62.5 Å². The van der Waals surface area contributed by atoms with Gasteiger partial charge in [-0.3, -0.25) is 4.90 Å². The standard InChI is InChI=1S/C15H32N2O2/c1-6-15(4)12-16-14(2,3)13-17(15)8-7-9-19-11-10-18-5/h16H,6-13H2,1-5H3. The van der Waals surface area contributed by atoms with E-state index in [0.717, 1.165) is 32.7 Å². The average molecular weight is 272 g/mol. The number of hydrogen-bond acceptors (Lipinski definition) is 4. The van der Waals surface area contributed by atoms with Gasteiger partial charge >= 0.3 is 0 Å². The highest BCUT2D eigenvalue weighted by Gasteiger charge is 2.38. The van der Waals surface area contributed by atoms with Gasteiger partial charge in [0.1, 0.15) is 0 Å². The summed E-state index contributed by atoms with van der Waals surface area (Å²) in [6.45, 7) is 14.7. The van der Waals surface area contributed by atoms with Gasteiger partial charge in [0.15, 0.2) is 0 Å². The van der Waals surface area contributed by atoms with Gasteiger partial charge in [0.05, 0.1) is 13.2 Å². The minimum absolute atomic E-state index is 0.214. The van der Waals surface area contributed by atoms with Gasteiger partial charge in [-0.2, -0.15) is 0 Å². The fourth-order valence-electron chi connectivity index (χ4n) is 2.56. The largest absolute Gasteiger partial charge is 0.382 e. The van der Waals surface area contributed by atoms with Crippen LogP contribution in [0.1, 0.15) is 40.5 Å². The summed E-state index contributed by atoms with van der Waals surface area (Å²) in [5, 5.41) is 3.66. The fourth-order valence-corrected chi connectivity index (χ4v) is 2.56. The zero-order valence-electron chi connectivity index (χ0n) is 13.4. The molecular formula is C15H32N2O2. The lowest BCUT2D eigenvalue weighted by atomic mass is 9.88. The van der Waals surface area contributed by atoms with E-state index in [9.17, 15) is 0 Å². The third kappa shape index (κ3) is 5.38. The lowest BCUT2D eigenvalue weighted by Gasteiger charge is -2.51. The lowest BCUT2D eigenvalue weighted by molar-refractivity contribution is 0.0118. The summed E-state index contributed by atoms with van der Waals surface area (Å²) in [6, 6.07) is 0. The Morgan fingerprint density at radius 1 is 1.16 bits per heavy atom. The van der Waals surface area contributed by atoms with Crippen molar-refractivity contribution in [3.05, 3.63) is 0 Å². The molecule has 0 saturated carbocycles. The number of hydrogen-bond donors (Lipinski definition) is 1. The predicted molar refractivity (Wildman–Crippen MR) is 79.7 cm³/mol. The average Bonchev–Trinajstić information content (AvgIpc) is 2.37. The van der Waals surface area contributed by atoms with E-state index in [2.05, 4.69) is 37.9 Å². The van der Waals surface area contributed by atoms with Crippen molar-refractivity contribution in [1.29, 1.82) is 0 Å². The van der Waals surface area contributed by atoms with E-state index >= 15 is 0 Å². The van der Waals surface area contributed by atoms with Gasteiger partial charge in [-0.1, -0.05) is 6.92 Å². The summed E-state index contributed by atoms with van der Waals surface area (Å²) in [5.41, 5.74) is 0.494. The molecule has 0 radical (unpaired) electrons. The molecule has 4 heteroatoms. The van der Waals surface area contributed by atoms with E-state index in [0.29, 0.717) is 13.2 Å². The van der Waals surface area contributed by atoms with Gasteiger partial charge in [-0.25, -0.2) is 0 Å². The van der Waals surface area contributed by atoms with Crippen LogP contribution in [0.4, 0.5) is 0 Å². The first kappa shape index (κ1) is 16.9. The van der Waals surface area contributed by atoms with E-state index in [1.165, 1.54) is 6.42 Å². The van der Waals surface area contributed by atoms with E-state index in [1.54, 1.807) is 7.11 Å². The molecule has 114 valence electrons. The maximum Gasteiger partial charge on any atom is 0.0700 e. The first-order valence-electron chi connectivity index (χ1n) is 7.50. The van der Waals surface area contributed by atoms with Gasteiger partial charge in [0, 0.05) is 44.4 Å². The molecule has 1 aliphatic heterocycles. The van der Waals surface area contributed by atoms with Gasteiger partial charge in [0.25, 0.3) is 0 Å². The molecule has 0 aromatic rings. The van der Waals surface area contributed by atoms with E-state index in [-0.39, 0.29) is 11.1 Å². The van der Waals surface area contributed by atoms with E-state index in [4.69, 9.17) is 9.47 Å². The Morgan fingerprint density at radius 2 is 1.89 bits per heavy atom. The van der Waals surface area contributed by atoms with Crippen LogP contribution in [0.25, 0.3) is 0 Å². The van der Waals surface area contributed by atoms with Crippen LogP contribution in [0.5, 0.6) is 0 Å². The minimum Gasteiger partial charge on any atom is -0.382 e. The van der Waals surface area contributed by atoms with E-state index < -0.39 is 0 Å². The lowest BCUT2D eigenvalue weighted by Crippen LogP contribution is -2.67. The van der Waals surface area contributed by atoms with Crippen molar-refractivity contribution in [2.75, 3.05) is 46.6 Å². The molecule has 4 nitrogen and oxygen atoms in total. The molecule has 1 heterocycles. The number of nitrogens with zero attached hydrogens (tertiary/aromatic N) is 1. The van der Waals surface area contributed by atoms with E-state index in [1.807, 2.05) is 0 Å². The number of piperazine rings is 1. The molecule has 0 bridgehead atoms. The fraction of sp³-hybridized carbons (Fsp3) is 1.00. The quantitative estimate of drug-likeness (QED) is 0.684. The first-order chi connectivity index (χ1) is 8.93. The van der Waals surface area contributed by atoms with Crippen LogP contribution in [0.15, 0.2) is 0 Å². The summed E-state index contributed by atoms with van der Waals surface area (Å²) >= 11 is 0. The normalized spacial score (nSPS) is 27.6. The second kappa shape index (κ2) is 7.58. The van der Waals surface area contributed by atoms with Crippen molar-refractivity contribution < 1.29 is 9.47 Å². The maximum absolute atomic E-state index is 5.55. The molecule has 1 N–H and O–H groups in total. The summed E-state index contributed by atoms with van der Waals surface area (Å²) < 4.78 is 10.5. The van der Waals surface area contributed by atoms with Crippen LogP contribution >= 0.6 is 0 Å². The zero-order chi connectivity index (χ0) is 14.4. The van der Waals surface area contributed by atoms with Gasteiger partial charge in [0.2, 0.25) is 0 Å². The molecule has 1 unspecified atom stereocenters. The molecular weight excluding hydrogens is 240 g/mol. The predicted octanol–water partition coefficient (Wildman–Crippen LogP) is 1.89. The summed E-state index contributed by atoms with van der Waals surface area (Å²) in [7, 11) is 1.71. The number of methoxy groups -OCH3 is 1. The number of rotatable bonds is 8. The van der Waals surface area contributed by atoms with Gasteiger partial charge in [-0.05, 0) is 33.6 Å². The number of nitrogens with one attached hydrogen (secondary N) is 1. The number of ether oxygens (including phenoxy) is 2. The Morgan fingerprint density at radius 3 is 2.53 bits per heavy atom. The Bertz CT molecular complexity index is 259. The molecule has 0 aliphatic carbocycles. The highest BCUT2D eigenvalue weighted by atomic mass is 16.5. The molecule has 0 aromatic heterocycles. The summed E-state index contributed by atoms with van der Waals surface area (Å²) in [4.78, 5) is 2.63. The highest BCUT2D eigenvalue weighted by molar-refractivity contribution is 4.99. The molecule has 1 saturated heterocycles. The van der Waals surface area contributed by atoms with Crippen molar-refractivity contribution in [3.8, 4) is 0 Å². The Hall–Kier alpha value is -0.160. The molecule has 19 heavy (non-hydrogen) atoms. The van der Waals surface area contributed by atoms with Crippen LogP contribution in [0.2, 0.25) is 0 Å². The SMILES string of the molecule is CCC1(C)CNC(C)(C)CN1CCCOCCOC. The molecule has 1 aliphatic rings. The Balaban J connectivity index is 2.34. The summed E-state index contributed by atoms with van der Waals surface area (Å²) in [5.74, 6) is 0. The molecule has 0 amide bonds. The Kier molecular flexibility index (Phi) is 6.74. The zero-order valence-corrected chi connectivity index (χ0v) is 13.4. The maximum atomic E-state index is 5.55. The van der Waals surface area contributed by atoms with Crippen LogP contribution in [-0.2, 0) is 9.47 Å². The monoisotopic (exact) mass is 272 g/mol. The second-order valence-electron chi connectivity index (χ2n) is 6.47. The topological polar surface area (TPSA) is 33.7 Å². The smallest absolute Gasteiger partial charge is 0.0700 e. The van der Waals surface area contributed by atoms with Crippen LogP contribution in [0.3, 0.4) is 0 Å². The third-order valence-corrected chi connectivity index (χ3v) is 4.21. The molecule has 1 atom stereocenters. The summed E-state index contributed by atoms with van der Waals surface area (Å²) in [6.07, 6.45) is 2.27. The van der Waals surface area contributed by atoms with Crippen molar-refractivity contribution in [2.24, 2.45) is 0 Å². The molecule has 0 spiro atoms. The van der Waals surface area contributed by atoms with Gasteiger partial charge < -0.3 is 14.8 Å². The molecule has 1 rings (SSSR count).